The summed E-state index contributed by atoms with van der Waals surface area (Å²) in [6, 6.07) is 3.69. The highest BCUT2D eigenvalue weighted by atomic mass is 32.1. The number of thiophene rings is 1. The Kier molecular flexibility index (Phi) is 6.47. The second-order valence-electron chi connectivity index (χ2n) is 10.4. The van der Waals surface area contributed by atoms with Crippen LogP contribution in [0.25, 0.3) is 21.7 Å². The van der Waals surface area contributed by atoms with Crippen LogP contribution in [0.3, 0.4) is 0 Å². The normalized spacial score (nSPS) is 14.2. The van der Waals surface area contributed by atoms with Gasteiger partial charge in [-0.15, -0.1) is 11.3 Å². The molecule has 3 heterocycles. The molecule has 0 aliphatic heterocycles. The van der Waals surface area contributed by atoms with Crippen LogP contribution in [0.15, 0.2) is 24.5 Å². The van der Waals surface area contributed by atoms with E-state index in [0.717, 1.165) is 4.88 Å². The lowest BCUT2D eigenvalue weighted by molar-refractivity contribution is 0.0905. The summed E-state index contributed by atoms with van der Waals surface area (Å²) in [7, 11) is 0. The predicted octanol–water partition coefficient (Wildman–Crippen LogP) is 5.02. The van der Waals surface area contributed by atoms with E-state index in [0.29, 0.717) is 27.3 Å². The molecule has 172 valence electrons. The summed E-state index contributed by atoms with van der Waals surface area (Å²) in [6.07, 6.45) is 3.30. The van der Waals surface area contributed by atoms with Gasteiger partial charge in [-0.3, -0.25) is 9.59 Å². The molecular formula is C24H33N5O2S. The van der Waals surface area contributed by atoms with Crippen LogP contribution in [0, 0.1) is 10.8 Å². The van der Waals surface area contributed by atoms with Gasteiger partial charge in [-0.1, -0.05) is 41.5 Å². The fraction of sp³-hybridized carbons (Fsp3) is 0.500. The molecule has 2 atom stereocenters. The number of carbonyl (C=O) groups excluding carboxylic acids is 2. The first-order chi connectivity index (χ1) is 14.8. The number of carbonyl (C=O) groups is 2. The van der Waals surface area contributed by atoms with E-state index in [1.165, 1.54) is 11.3 Å². The molecule has 7 nitrogen and oxygen atoms in total. The fourth-order valence-electron chi connectivity index (χ4n) is 2.76. The van der Waals surface area contributed by atoms with Gasteiger partial charge in [-0.05, 0) is 36.8 Å². The summed E-state index contributed by atoms with van der Waals surface area (Å²) in [5.74, 6) is -0.289. The lowest BCUT2D eigenvalue weighted by Gasteiger charge is -2.27. The van der Waals surface area contributed by atoms with E-state index >= 15 is 0 Å². The highest BCUT2D eigenvalue weighted by Crippen LogP contribution is 2.29. The Morgan fingerprint density at radius 1 is 0.969 bits per heavy atom. The molecule has 0 spiro atoms. The van der Waals surface area contributed by atoms with Gasteiger partial charge in [0.05, 0.1) is 27.2 Å². The molecule has 8 heteroatoms. The van der Waals surface area contributed by atoms with E-state index in [2.05, 4.69) is 62.1 Å². The van der Waals surface area contributed by atoms with E-state index in [-0.39, 0.29) is 34.7 Å². The number of hydrogen-bond acceptors (Lipinski definition) is 5. The van der Waals surface area contributed by atoms with E-state index in [4.69, 9.17) is 4.98 Å². The number of hydrogen-bond donors (Lipinski definition) is 3. The Morgan fingerprint density at radius 3 is 2.16 bits per heavy atom. The number of nitrogens with zero attached hydrogens (tertiary/aromatic N) is 2. The van der Waals surface area contributed by atoms with Crippen LogP contribution in [0.4, 0.5) is 0 Å². The maximum atomic E-state index is 12.9. The van der Waals surface area contributed by atoms with E-state index < -0.39 is 0 Å². The van der Waals surface area contributed by atoms with Crippen molar-refractivity contribution in [3.05, 3.63) is 35.0 Å². The zero-order chi connectivity index (χ0) is 23.8. The second kappa shape index (κ2) is 8.65. The van der Waals surface area contributed by atoms with Gasteiger partial charge in [0, 0.05) is 18.3 Å². The van der Waals surface area contributed by atoms with Crippen LogP contribution in [-0.2, 0) is 0 Å². The van der Waals surface area contributed by atoms with Crippen molar-refractivity contribution in [1.82, 2.24) is 25.6 Å². The minimum Gasteiger partial charge on any atom is -0.349 e. The van der Waals surface area contributed by atoms with Gasteiger partial charge in [-0.25, -0.2) is 9.97 Å². The van der Waals surface area contributed by atoms with Gasteiger partial charge >= 0.3 is 0 Å². The zero-order valence-electron chi connectivity index (χ0n) is 20.1. The van der Waals surface area contributed by atoms with E-state index in [1.807, 2.05) is 19.9 Å². The van der Waals surface area contributed by atoms with Crippen molar-refractivity contribution in [2.45, 2.75) is 67.5 Å². The van der Waals surface area contributed by atoms with Crippen molar-refractivity contribution < 1.29 is 9.59 Å². The summed E-state index contributed by atoms with van der Waals surface area (Å²) >= 11 is 1.36. The molecule has 0 bridgehead atoms. The lowest BCUT2D eigenvalue weighted by atomic mass is 9.88. The fourth-order valence-corrected chi connectivity index (χ4v) is 3.62. The second-order valence-corrected chi connectivity index (χ2v) is 11.5. The Balaban J connectivity index is 1.84. The number of aromatic nitrogens is 3. The predicted molar refractivity (Wildman–Crippen MR) is 130 cm³/mol. The average Bonchev–Trinajstić information content (AvgIpc) is 3.33. The molecule has 0 aromatic carbocycles. The van der Waals surface area contributed by atoms with Gasteiger partial charge < -0.3 is 15.6 Å². The Bertz CT molecular complexity index is 1130. The van der Waals surface area contributed by atoms with Crippen LogP contribution >= 0.6 is 11.3 Å². The smallest absolute Gasteiger partial charge is 0.261 e. The SMILES string of the molecule is C[C@H](NC(=O)c1c[nH]c2ncc(-c3ccc(C(=O)N[C@H](C)C(C)(C)C)s3)nc12)C(C)(C)C. The van der Waals surface area contributed by atoms with E-state index in [9.17, 15) is 9.59 Å². The van der Waals surface area contributed by atoms with Gasteiger partial charge in [0.25, 0.3) is 11.8 Å². The number of amides is 2. The van der Waals surface area contributed by atoms with Gasteiger partial charge in [0.15, 0.2) is 5.65 Å². The van der Waals surface area contributed by atoms with Crippen molar-refractivity contribution in [1.29, 1.82) is 0 Å². The first-order valence-corrected chi connectivity index (χ1v) is 11.6. The molecule has 0 saturated carbocycles. The lowest BCUT2D eigenvalue weighted by Crippen LogP contribution is -2.41. The number of fused-ring (bicyclic) bond motifs is 1. The Labute approximate surface area is 193 Å². The quantitative estimate of drug-likeness (QED) is 0.503. The number of H-pyrrole nitrogens is 1. The molecule has 0 unspecified atom stereocenters. The first-order valence-electron chi connectivity index (χ1n) is 10.8. The van der Waals surface area contributed by atoms with Crippen LogP contribution in [0.1, 0.15) is 75.4 Å². The minimum atomic E-state index is -0.187. The zero-order valence-corrected chi connectivity index (χ0v) is 20.9. The van der Waals surface area contributed by atoms with Crippen LogP contribution in [0.2, 0.25) is 0 Å². The molecular weight excluding hydrogens is 422 g/mol. The summed E-state index contributed by atoms with van der Waals surface area (Å²) in [6.45, 7) is 16.5. The molecule has 3 rings (SSSR count). The molecule has 0 aliphatic rings. The summed E-state index contributed by atoms with van der Waals surface area (Å²) < 4.78 is 0. The maximum Gasteiger partial charge on any atom is 0.261 e. The standard InChI is InChI=1S/C24H33N5O2S/c1-13(23(3,4)5)27-21(30)15-11-25-20-19(15)29-16(12-26-20)17-9-10-18(32-17)22(31)28-14(2)24(6,7)8/h9-14H,1-8H3,(H,25,26)(H,27,30)(H,28,31)/t13-,14+/m0/s1. The van der Waals surface area contributed by atoms with Crippen molar-refractivity contribution >= 4 is 34.3 Å². The van der Waals surface area contributed by atoms with Crippen LogP contribution < -0.4 is 10.6 Å². The monoisotopic (exact) mass is 455 g/mol. The van der Waals surface area contributed by atoms with Gasteiger partial charge in [0.1, 0.15) is 5.52 Å². The minimum absolute atomic E-state index is 0.00931. The largest absolute Gasteiger partial charge is 0.349 e. The van der Waals surface area contributed by atoms with Crippen molar-refractivity contribution in [2.24, 2.45) is 10.8 Å². The van der Waals surface area contributed by atoms with Crippen LogP contribution in [0.5, 0.6) is 0 Å². The van der Waals surface area contributed by atoms with Crippen molar-refractivity contribution in [3.8, 4) is 10.6 Å². The van der Waals surface area contributed by atoms with Crippen LogP contribution in [-0.4, -0.2) is 38.8 Å². The number of aromatic amines is 1. The average molecular weight is 456 g/mol. The van der Waals surface area contributed by atoms with Gasteiger partial charge in [0.2, 0.25) is 0 Å². The Morgan fingerprint density at radius 2 is 1.56 bits per heavy atom. The summed E-state index contributed by atoms with van der Waals surface area (Å²) in [5.41, 5.74) is 2.07. The van der Waals surface area contributed by atoms with E-state index in [1.54, 1.807) is 18.5 Å². The highest BCUT2D eigenvalue weighted by Gasteiger charge is 2.25. The third-order valence-corrected chi connectivity index (χ3v) is 7.11. The Hall–Kier alpha value is -2.74. The molecule has 0 fully saturated rings. The van der Waals surface area contributed by atoms with Gasteiger partial charge in [-0.2, -0.15) is 0 Å². The van der Waals surface area contributed by atoms with Crippen molar-refractivity contribution in [2.75, 3.05) is 0 Å². The third kappa shape index (κ3) is 5.18. The molecule has 32 heavy (non-hydrogen) atoms. The molecule has 0 aliphatic carbocycles. The number of nitrogens with one attached hydrogen (secondary N) is 3. The topological polar surface area (TPSA) is 99.8 Å². The summed E-state index contributed by atoms with van der Waals surface area (Å²) in [4.78, 5) is 39.1. The number of rotatable bonds is 5. The molecule has 0 radical (unpaired) electrons. The molecule has 0 saturated heterocycles. The highest BCUT2D eigenvalue weighted by molar-refractivity contribution is 7.17. The van der Waals surface area contributed by atoms with Crippen molar-refractivity contribution in [3.63, 3.8) is 0 Å². The maximum absolute atomic E-state index is 12.9. The molecule has 2 amide bonds. The first kappa shape index (κ1) is 23.9. The molecule has 3 aromatic heterocycles. The summed E-state index contributed by atoms with van der Waals surface area (Å²) in [5, 5.41) is 6.10. The molecule has 3 N–H and O–H groups in total. The third-order valence-electron chi connectivity index (χ3n) is 6.00. The molecule has 3 aromatic rings.